The molecule has 22 heavy (non-hydrogen) atoms. The van der Waals surface area contributed by atoms with Crippen molar-refractivity contribution >= 4 is 16.5 Å². The predicted octanol–water partition coefficient (Wildman–Crippen LogP) is 2.11. The minimum absolute atomic E-state index is 0.223. The minimum Gasteiger partial charge on any atom is -0.396 e. The molecule has 0 radical (unpaired) electrons. The molecule has 0 bridgehead atoms. The monoisotopic (exact) mass is 325 g/mol. The van der Waals surface area contributed by atoms with Crippen LogP contribution in [0.1, 0.15) is 37.8 Å². The molecule has 2 heterocycles. The van der Waals surface area contributed by atoms with E-state index in [2.05, 4.69) is 22.2 Å². The molecule has 1 saturated heterocycles. The summed E-state index contributed by atoms with van der Waals surface area (Å²) in [5.41, 5.74) is 1.20. The Morgan fingerprint density at radius 3 is 2.82 bits per heavy atom. The number of ether oxygens (including phenoxy) is 1. The van der Waals surface area contributed by atoms with Crippen molar-refractivity contribution in [3.05, 3.63) is 11.1 Å². The number of hydrogen-bond donors (Lipinski definition) is 1. The molecule has 5 nitrogen and oxygen atoms in total. The summed E-state index contributed by atoms with van der Waals surface area (Å²) >= 11 is 1.77. The zero-order valence-corrected chi connectivity index (χ0v) is 14.2. The van der Waals surface area contributed by atoms with Gasteiger partial charge >= 0.3 is 0 Å². The van der Waals surface area contributed by atoms with Crippen LogP contribution in [0.4, 0.5) is 5.13 Å². The molecule has 1 aromatic heterocycles. The topological polar surface area (TPSA) is 48.8 Å². The molecular weight excluding hydrogens is 298 g/mol. The number of aromatic nitrogens is 1. The molecule has 0 atom stereocenters. The van der Waals surface area contributed by atoms with Crippen molar-refractivity contribution in [1.82, 2.24) is 9.88 Å². The van der Waals surface area contributed by atoms with Gasteiger partial charge in [0.25, 0.3) is 0 Å². The Kier molecular flexibility index (Phi) is 5.68. The van der Waals surface area contributed by atoms with Crippen LogP contribution in [-0.4, -0.2) is 60.5 Å². The van der Waals surface area contributed by atoms with Gasteiger partial charge in [-0.25, -0.2) is 4.98 Å². The lowest BCUT2D eigenvalue weighted by atomic mass is 10.1. The number of piperidine rings is 1. The minimum atomic E-state index is 0.223. The van der Waals surface area contributed by atoms with Crippen molar-refractivity contribution in [1.29, 1.82) is 0 Å². The summed E-state index contributed by atoms with van der Waals surface area (Å²) in [7, 11) is 2.16. The highest BCUT2D eigenvalue weighted by atomic mass is 32.1. The molecule has 6 heteroatoms. The van der Waals surface area contributed by atoms with Crippen molar-refractivity contribution in [3.8, 4) is 0 Å². The zero-order valence-electron chi connectivity index (χ0n) is 13.4. The van der Waals surface area contributed by atoms with Gasteiger partial charge in [-0.15, -0.1) is 11.3 Å². The van der Waals surface area contributed by atoms with Gasteiger partial charge in [0, 0.05) is 51.3 Å². The van der Waals surface area contributed by atoms with E-state index in [0.29, 0.717) is 12.7 Å². The number of aliphatic hydroxyl groups excluding tert-OH is 1. The first-order chi connectivity index (χ1) is 10.8. The first-order valence-corrected chi connectivity index (χ1v) is 9.26. The van der Waals surface area contributed by atoms with Crippen LogP contribution in [-0.2, 0) is 11.3 Å². The molecule has 1 N–H and O–H groups in total. The summed E-state index contributed by atoms with van der Waals surface area (Å²) in [5, 5.41) is 12.2. The van der Waals surface area contributed by atoms with Crippen LogP contribution in [0.3, 0.4) is 0 Å². The molecule has 0 amide bonds. The molecule has 0 spiro atoms. The summed E-state index contributed by atoms with van der Waals surface area (Å²) in [4.78, 5) is 9.59. The normalized spacial score (nSPS) is 20.5. The van der Waals surface area contributed by atoms with E-state index in [-0.39, 0.29) is 6.61 Å². The zero-order chi connectivity index (χ0) is 15.4. The van der Waals surface area contributed by atoms with Gasteiger partial charge in [-0.05, 0) is 32.1 Å². The number of likely N-dealkylation sites (tertiary alicyclic amines) is 1. The highest BCUT2D eigenvalue weighted by Gasteiger charge is 2.28. The van der Waals surface area contributed by atoms with E-state index < -0.39 is 0 Å². The second-order valence-corrected chi connectivity index (χ2v) is 7.22. The highest BCUT2D eigenvalue weighted by Crippen LogP contribution is 2.32. The molecule has 0 aromatic carbocycles. The van der Waals surface area contributed by atoms with Gasteiger partial charge in [0.1, 0.15) is 0 Å². The maximum atomic E-state index is 8.78. The molecular formula is C16H27N3O2S. The standard InChI is InChI=1S/C16H27N3O2S/c1-18(14-3-4-14)16-17-13(12-22-16)11-19-7-5-15(6-8-19)21-10-2-9-20/h12,14-15,20H,2-11H2,1H3. The van der Waals surface area contributed by atoms with Gasteiger partial charge in [-0.3, -0.25) is 4.90 Å². The van der Waals surface area contributed by atoms with E-state index >= 15 is 0 Å². The molecule has 2 aliphatic rings. The van der Waals surface area contributed by atoms with E-state index in [1.165, 1.54) is 23.7 Å². The molecule has 124 valence electrons. The van der Waals surface area contributed by atoms with E-state index in [0.717, 1.165) is 44.9 Å². The Balaban J connectivity index is 1.41. The number of hydrogen-bond acceptors (Lipinski definition) is 6. The molecule has 2 fully saturated rings. The lowest BCUT2D eigenvalue weighted by Gasteiger charge is -2.31. The van der Waals surface area contributed by atoms with Crippen LogP contribution in [0.25, 0.3) is 0 Å². The number of anilines is 1. The van der Waals surface area contributed by atoms with Crippen molar-refractivity contribution in [2.45, 2.75) is 50.8 Å². The van der Waals surface area contributed by atoms with E-state index in [9.17, 15) is 0 Å². The summed E-state index contributed by atoms with van der Waals surface area (Å²) in [6.07, 6.45) is 5.92. The third-order valence-electron chi connectivity index (χ3n) is 4.51. The molecule has 1 saturated carbocycles. The SMILES string of the molecule is CN(c1nc(CN2CCC(OCCCO)CC2)cs1)C1CC1. The summed E-state index contributed by atoms with van der Waals surface area (Å²) in [6, 6.07) is 0.728. The predicted molar refractivity (Wildman–Crippen MR) is 89.5 cm³/mol. The maximum Gasteiger partial charge on any atom is 0.185 e. The molecule has 3 rings (SSSR count). The summed E-state index contributed by atoms with van der Waals surface area (Å²) < 4.78 is 5.78. The molecule has 1 aliphatic carbocycles. The third-order valence-corrected chi connectivity index (χ3v) is 5.49. The van der Waals surface area contributed by atoms with Crippen molar-refractivity contribution in [2.24, 2.45) is 0 Å². The number of rotatable bonds is 8. The van der Waals surface area contributed by atoms with Gasteiger partial charge in [0.2, 0.25) is 0 Å². The van der Waals surface area contributed by atoms with Crippen molar-refractivity contribution < 1.29 is 9.84 Å². The van der Waals surface area contributed by atoms with Gasteiger partial charge < -0.3 is 14.7 Å². The number of nitrogens with zero attached hydrogens (tertiary/aromatic N) is 3. The molecule has 1 aliphatic heterocycles. The lowest BCUT2D eigenvalue weighted by molar-refractivity contribution is 0.000607. The van der Waals surface area contributed by atoms with Gasteiger partial charge in [-0.2, -0.15) is 0 Å². The van der Waals surface area contributed by atoms with Gasteiger partial charge in [0.15, 0.2) is 5.13 Å². The maximum absolute atomic E-state index is 8.78. The summed E-state index contributed by atoms with van der Waals surface area (Å²) in [6.45, 7) is 4.02. The number of thiazole rings is 1. The van der Waals surface area contributed by atoms with Crippen LogP contribution in [0.5, 0.6) is 0 Å². The second-order valence-electron chi connectivity index (χ2n) is 6.39. The average molecular weight is 325 g/mol. The molecule has 1 aromatic rings. The van der Waals surface area contributed by atoms with Crippen LogP contribution in [0, 0.1) is 0 Å². The van der Waals surface area contributed by atoms with Crippen molar-refractivity contribution in [3.63, 3.8) is 0 Å². The van der Waals surface area contributed by atoms with E-state index in [4.69, 9.17) is 14.8 Å². The Morgan fingerprint density at radius 2 is 2.14 bits per heavy atom. The quantitative estimate of drug-likeness (QED) is 0.742. The van der Waals surface area contributed by atoms with Gasteiger partial charge in [-0.1, -0.05) is 0 Å². The average Bonchev–Trinajstić information content (AvgIpc) is 3.28. The first kappa shape index (κ1) is 16.2. The molecule has 0 unspecified atom stereocenters. The fourth-order valence-electron chi connectivity index (χ4n) is 2.93. The Morgan fingerprint density at radius 1 is 1.36 bits per heavy atom. The van der Waals surface area contributed by atoms with Crippen LogP contribution >= 0.6 is 11.3 Å². The van der Waals surface area contributed by atoms with E-state index in [1.54, 1.807) is 11.3 Å². The van der Waals surface area contributed by atoms with Gasteiger partial charge in [0.05, 0.1) is 11.8 Å². The van der Waals surface area contributed by atoms with Crippen LogP contribution < -0.4 is 4.90 Å². The fourth-order valence-corrected chi connectivity index (χ4v) is 3.78. The Labute approximate surface area is 136 Å². The highest BCUT2D eigenvalue weighted by molar-refractivity contribution is 7.13. The third kappa shape index (κ3) is 4.41. The largest absolute Gasteiger partial charge is 0.396 e. The first-order valence-electron chi connectivity index (χ1n) is 8.38. The lowest BCUT2D eigenvalue weighted by Crippen LogP contribution is -2.36. The number of aliphatic hydroxyl groups is 1. The van der Waals surface area contributed by atoms with Crippen LogP contribution in [0.2, 0.25) is 0 Å². The second kappa shape index (κ2) is 7.73. The van der Waals surface area contributed by atoms with Crippen molar-refractivity contribution in [2.75, 3.05) is 38.3 Å². The summed E-state index contributed by atoms with van der Waals surface area (Å²) in [5.74, 6) is 0. The fraction of sp³-hybridized carbons (Fsp3) is 0.812. The smallest absolute Gasteiger partial charge is 0.185 e. The Bertz CT molecular complexity index is 456. The van der Waals surface area contributed by atoms with E-state index in [1.807, 2.05) is 0 Å². The van der Waals surface area contributed by atoms with Crippen LogP contribution in [0.15, 0.2) is 5.38 Å². The Hall–Kier alpha value is -0.690.